The van der Waals surface area contributed by atoms with Gasteiger partial charge in [-0.25, -0.2) is 8.42 Å². The van der Waals surface area contributed by atoms with E-state index in [-0.39, 0.29) is 0 Å². The van der Waals surface area contributed by atoms with Gasteiger partial charge in [0.2, 0.25) is 9.84 Å². The maximum Gasteiger partial charge on any atom is 0.414 e. The number of aliphatic hydroxyl groups is 1. The van der Waals surface area contributed by atoms with Crippen LogP contribution in [0.4, 0.5) is 17.6 Å². The van der Waals surface area contributed by atoms with Crippen LogP contribution in [0.1, 0.15) is 11.7 Å². The van der Waals surface area contributed by atoms with E-state index in [9.17, 15) is 31.1 Å². The lowest BCUT2D eigenvalue weighted by atomic mass is 10.00. The summed E-state index contributed by atoms with van der Waals surface area (Å²) in [5.41, 5.74) is -0.512. The van der Waals surface area contributed by atoms with Crippen LogP contribution in [0, 0.1) is 0 Å². The number of rotatable bonds is 5. The van der Waals surface area contributed by atoms with Gasteiger partial charge in [-0.2, -0.15) is 17.6 Å². The third kappa shape index (κ3) is 3.08. The van der Waals surface area contributed by atoms with Crippen LogP contribution >= 0.6 is 0 Å². The van der Waals surface area contributed by atoms with Crippen molar-refractivity contribution in [1.29, 1.82) is 0 Å². The Hall–Kier alpha value is -2.45. The Bertz CT molecular complexity index is 1070. The zero-order chi connectivity index (χ0) is 19.9. The standard InChI is InChI=1S/C19H14F4O3S/c20-18(21,19(22,23)27(25,26)16-8-2-1-3-9-16)17(24)15-11-10-13-6-4-5-7-14(13)12-15/h1-12,17,24H. The molecule has 142 valence electrons. The number of benzene rings is 3. The number of alkyl halides is 4. The van der Waals surface area contributed by atoms with E-state index >= 15 is 0 Å². The number of sulfone groups is 1. The summed E-state index contributed by atoms with van der Waals surface area (Å²) in [7, 11) is -5.74. The van der Waals surface area contributed by atoms with Gasteiger partial charge in [0.25, 0.3) is 0 Å². The molecule has 0 heterocycles. The van der Waals surface area contributed by atoms with Crippen molar-refractivity contribution < 1.29 is 31.1 Å². The van der Waals surface area contributed by atoms with Gasteiger partial charge in [-0.15, -0.1) is 0 Å². The molecule has 8 heteroatoms. The smallest absolute Gasteiger partial charge is 0.382 e. The molecule has 3 aromatic carbocycles. The topological polar surface area (TPSA) is 54.4 Å². The van der Waals surface area contributed by atoms with Crippen LogP contribution < -0.4 is 0 Å². The van der Waals surface area contributed by atoms with E-state index in [1.165, 1.54) is 12.1 Å². The molecule has 0 aliphatic heterocycles. The zero-order valence-electron chi connectivity index (χ0n) is 13.7. The molecule has 1 N–H and O–H groups in total. The number of halogens is 4. The van der Waals surface area contributed by atoms with E-state index in [4.69, 9.17) is 0 Å². The predicted molar refractivity (Wildman–Crippen MR) is 92.4 cm³/mol. The Labute approximate surface area is 152 Å². The lowest BCUT2D eigenvalue weighted by Crippen LogP contribution is -2.50. The molecule has 0 aliphatic carbocycles. The number of aliphatic hydroxyl groups excluding tert-OH is 1. The Morgan fingerprint density at radius 3 is 1.96 bits per heavy atom. The van der Waals surface area contributed by atoms with Crippen LogP contribution in [-0.4, -0.2) is 24.7 Å². The van der Waals surface area contributed by atoms with Gasteiger partial charge < -0.3 is 5.11 Å². The van der Waals surface area contributed by atoms with E-state index in [0.29, 0.717) is 10.8 Å². The van der Waals surface area contributed by atoms with Crippen LogP contribution in [0.15, 0.2) is 77.7 Å². The summed E-state index contributed by atoms with van der Waals surface area (Å²) in [6.45, 7) is 0. The third-order valence-electron chi connectivity index (χ3n) is 4.21. The minimum atomic E-state index is -5.74. The summed E-state index contributed by atoms with van der Waals surface area (Å²) >= 11 is 0. The highest BCUT2D eigenvalue weighted by Gasteiger charge is 2.69. The summed E-state index contributed by atoms with van der Waals surface area (Å²) < 4.78 is 82.0. The van der Waals surface area contributed by atoms with Crippen LogP contribution in [0.2, 0.25) is 0 Å². The molecular weight excluding hydrogens is 384 g/mol. The fraction of sp³-hybridized carbons (Fsp3) is 0.158. The molecule has 0 spiro atoms. The number of hydrogen-bond donors (Lipinski definition) is 1. The first-order valence-electron chi connectivity index (χ1n) is 7.81. The van der Waals surface area contributed by atoms with Crippen molar-refractivity contribution >= 4 is 20.6 Å². The summed E-state index contributed by atoms with van der Waals surface area (Å²) in [5, 5.41) is 5.53. The van der Waals surface area contributed by atoms with Gasteiger partial charge in [0.1, 0.15) is 0 Å². The first-order chi connectivity index (χ1) is 12.6. The van der Waals surface area contributed by atoms with Gasteiger partial charge in [-0.1, -0.05) is 54.6 Å². The molecule has 1 unspecified atom stereocenters. The molecule has 27 heavy (non-hydrogen) atoms. The first kappa shape index (κ1) is 19.3. The van der Waals surface area contributed by atoms with Crippen molar-refractivity contribution in [2.75, 3.05) is 0 Å². The van der Waals surface area contributed by atoms with Gasteiger partial charge in [0, 0.05) is 0 Å². The van der Waals surface area contributed by atoms with Crippen molar-refractivity contribution in [2.45, 2.75) is 22.2 Å². The van der Waals surface area contributed by atoms with Crippen molar-refractivity contribution in [1.82, 2.24) is 0 Å². The van der Waals surface area contributed by atoms with E-state index in [1.807, 2.05) is 0 Å². The lowest BCUT2D eigenvalue weighted by Gasteiger charge is -2.30. The largest absolute Gasteiger partial charge is 0.414 e. The lowest BCUT2D eigenvalue weighted by molar-refractivity contribution is -0.215. The van der Waals surface area contributed by atoms with Crippen LogP contribution in [0.25, 0.3) is 10.8 Å². The molecule has 0 amide bonds. The van der Waals surface area contributed by atoms with Crippen LogP contribution in [0.5, 0.6) is 0 Å². The minimum Gasteiger partial charge on any atom is -0.382 e. The molecule has 0 fully saturated rings. The molecular formula is C19H14F4O3S. The molecule has 0 saturated heterocycles. The van der Waals surface area contributed by atoms with Gasteiger partial charge in [-0.05, 0) is 34.5 Å². The van der Waals surface area contributed by atoms with Crippen molar-refractivity contribution in [3.8, 4) is 0 Å². The van der Waals surface area contributed by atoms with Crippen molar-refractivity contribution in [3.05, 3.63) is 78.4 Å². The van der Waals surface area contributed by atoms with E-state index in [2.05, 4.69) is 0 Å². The van der Waals surface area contributed by atoms with E-state index in [0.717, 1.165) is 36.4 Å². The Morgan fingerprint density at radius 1 is 0.778 bits per heavy atom. The van der Waals surface area contributed by atoms with Gasteiger partial charge in [-0.3, -0.25) is 0 Å². The molecule has 0 aliphatic rings. The molecule has 3 nitrogen and oxygen atoms in total. The highest BCUT2D eigenvalue weighted by Crippen LogP contribution is 2.48. The quantitative estimate of drug-likeness (QED) is 0.641. The fourth-order valence-corrected chi connectivity index (χ4v) is 3.95. The predicted octanol–water partition coefficient (Wildman–Crippen LogP) is 4.58. The molecule has 3 aromatic rings. The Kier molecular flexibility index (Phi) is 4.73. The second-order valence-corrected chi connectivity index (χ2v) is 7.96. The van der Waals surface area contributed by atoms with Crippen LogP contribution in [-0.2, 0) is 9.84 Å². The Balaban J connectivity index is 2.04. The first-order valence-corrected chi connectivity index (χ1v) is 9.29. The summed E-state index contributed by atoms with van der Waals surface area (Å²) in [4.78, 5) is -0.958. The maximum absolute atomic E-state index is 14.5. The normalized spacial score (nSPS) is 14.3. The summed E-state index contributed by atoms with van der Waals surface area (Å²) in [6.07, 6.45) is -3.02. The van der Waals surface area contributed by atoms with Crippen LogP contribution in [0.3, 0.4) is 0 Å². The fourth-order valence-electron chi connectivity index (χ4n) is 2.67. The monoisotopic (exact) mass is 398 g/mol. The number of hydrogen-bond acceptors (Lipinski definition) is 3. The van der Waals surface area contributed by atoms with Gasteiger partial charge in [0.15, 0.2) is 6.10 Å². The molecule has 0 aromatic heterocycles. The van der Waals surface area contributed by atoms with Crippen molar-refractivity contribution in [3.63, 3.8) is 0 Å². The second-order valence-electron chi connectivity index (χ2n) is 5.97. The second kappa shape index (κ2) is 6.61. The average molecular weight is 398 g/mol. The van der Waals surface area contributed by atoms with Gasteiger partial charge >= 0.3 is 11.2 Å². The number of fused-ring (bicyclic) bond motifs is 1. The SMILES string of the molecule is O=S(=O)(c1ccccc1)C(F)(F)C(F)(F)C(O)c1ccc2ccccc2c1. The molecule has 0 saturated carbocycles. The molecule has 1 atom stereocenters. The highest BCUT2D eigenvalue weighted by molar-refractivity contribution is 7.92. The Morgan fingerprint density at radius 2 is 1.33 bits per heavy atom. The summed E-state index contributed by atoms with van der Waals surface area (Å²) in [6, 6.07) is 15.4. The molecule has 0 radical (unpaired) electrons. The average Bonchev–Trinajstić information content (AvgIpc) is 2.67. The van der Waals surface area contributed by atoms with Crippen molar-refractivity contribution in [2.24, 2.45) is 0 Å². The molecule has 3 rings (SSSR count). The molecule has 0 bridgehead atoms. The van der Waals surface area contributed by atoms with Gasteiger partial charge in [0.05, 0.1) is 4.90 Å². The maximum atomic E-state index is 14.5. The van der Waals surface area contributed by atoms with E-state index in [1.54, 1.807) is 24.3 Å². The third-order valence-corrected chi connectivity index (χ3v) is 6.05. The highest BCUT2D eigenvalue weighted by atomic mass is 32.2. The summed E-state index contributed by atoms with van der Waals surface area (Å²) in [5.74, 6) is -5.26. The zero-order valence-corrected chi connectivity index (χ0v) is 14.5. The minimum absolute atomic E-state index is 0.444. The van der Waals surface area contributed by atoms with E-state index < -0.39 is 37.6 Å².